The van der Waals surface area contributed by atoms with Crippen LogP contribution in [0.3, 0.4) is 0 Å². The molecule has 2 fully saturated rings. The van der Waals surface area contributed by atoms with Crippen molar-refractivity contribution in [2.24, 2.45) is 0 Å². The molecule has 1 aliphatic carbocycles. The predicted octanol–water partition coefficient (Wildman–Crippen LogP) is 4.70. The summed E-state index contributed by atoms with van der Waals surface area (Å²) >= 11 is 0. The van der Waals surface area contributed by atoms with E-state index in [0.717, 1.165) is 42.5 Å². The number of carbonyl (C=O) groups excluding carboxylic acids is 1. The Balaban J connectivity index is 1.74. The largest absolute Gasteiger partial charge is 0.465 e. The van der Waals surface area contributed by atoms with Crippen molar-refractivity contribution in [2.45, 2.75) is 83.1 Å². The lowest BCUT2D eigenvalue weighted by atomic mass is 9.96. The van der Waals surface area contributed by atoms with E-state index >= 15 is 0 Å². The van der Waals surface area contributed by atoms with Gasteiger partial charge >= 0.3 is 5.97 Å². The molecule has 6 nitrogen and oxygen atoms in total. The maximum absolute atomic E-state index is 13.4. The first kappa shape index (κ1) is 24.0. The number of esters is 1. The average molecular weight is 473 g/mol. The molecule has 1 aromatic heterocycles. The molecular weight excluding hydrogens is 436 g/mol. The van der Waals surface area contributed by atoms with Crippen molar-refractivity contribution in [1.82, 2.24) is 8.87 Å². The molecule has 0 amide bonds. The fourth-order valence-corrected chi connectivity index (χ4v) is 7.40. The summed E-state index contributed by atoms with van der Waals surface area (Å²) in [6.45, 7) is 7.78. The van der Waals surface area contributed by atoms with Gasteiger partial charge in [0.15, 0.2) is 0 Å². The molecule has 33 heavy (non-hydrogen) atoms. The minimum Gasteiger partial charge on any atom is -0.465 e. The minimum absolute atomic E-state index is 0.208. The molecule has 0 spiro atoms. The summed E-state index contributed by atoms with van der Waals surface area (Å²) < 4.78 is 35.8. The van der Waals surface area contributed by atoms with Crippen LogP contribution >= 0.6 is 0 Å². The molecule has 0 radical (unpaired) electrons. The lowest BCUT2D eigenvalue weighted by Crippen LogP contribution is -2.28. The number of hydrogen-bond acceptors (Lipinski definition) is 4. The number of rotatable bonds is 8. The summed E-state index contributed by atoms with van der Waals surface area (Å²) in [4.78, 5) is 12.8. The Labute approximate surface area is 198 Å². The van der Waals surface area contributed by atoms with Crippen LogP contribution in [0.2, 0.25) is 0 Å². The zero-order valence-electron chi connectivity index (χ0n) is 20.1. The van der Waals surface area contributed by atoms with Crippen molar-refractivity contribution in [2.75, 3.05) is 19.7 Å². The van der Waals surface area contributed by atoms with E-state index in [1.807, 2.05) is 25.1 Å². The Kier molecular flexibility index (Phi) is 7.29. The Morgan fingerprint density at radius 2 is 1.73 bits per heavy atom. The van der Waals surface area contributed by atoms with Crippen molar-refractivity contribution in [3.8, 4) is 0 Å². The Hall–Kier alpha value is -2.12. The van der Waals surface area contributed by atoms with Crippen molar-refractivity contribution in [1.29, 1.82) is 0 Å². The fourth-order valence-electron chi connectivity index (χ4n) is 5.66. The van der Waals surface area contributed by atoms with Gasteiger partial charge < -0.3 is 9.30 Å². The monoisotopic (exact) mass is 472 g/mol. The van der Waals surface area contributed by atoms with Crippen LogP contribution in [-0.2, 0) is 32.5 Å². The molecule has 1 aromatic carbocycles. The molecule has 7 heteroatoms. The second-order valence-corrected chi connectivity index (χ2v) is 11.2. The van der Waals surface area contributed by atoms with Gasteiger partial charge in [0, 0.05) is 30.9 Å². The number of sulfonamides is 1. The molecule has 1 saturated heterocycles. The first-order valence-corrected chi connectivity index (χ1v) is 13.7. The average Bonchev–Trinajstić information content (AvgIpc) is 3.54. The smallest absolute Gasteiger partial charge is 0.325 e. The first-order chi connectivity index (χ1) is 15.8. The van der Waals surface area contributed by atoms with Gasteiger partial charge in [-0.25, -0.2) is 8.42 Å². The topological polar surface area (TPSA) is 68.6 Å². The standard InChI is InChI=1S/C26H36N2O4S/c1-4-32-25(29)18-28-20(3)23(19(2)26(28)21-11-5-6-12-21)17-22-13-7-8-14-24(22)33(30,31)27-15-9-10-16-27/h7-8,13-14,21H,4-6,9-12,15-18H2,1-3H3. The molecule has 2 aliphatic rings. The molecule has 4 rings (SSSR count). The summed E-state index contributed by atoms with van der Waals surface area (Å²) in [7, 11) is -3.51. The summed E-state index contributed by atoms with van der Waals surface area (Å²) in [5.41, 5.74) is 5.41. The van der Waals surface area contributed by atoms with Crippen molar-refractivity contribution in [3.63, 3.8) is 0 Å². The molecule has 1 saturated carbocycles. The second kappa shape index (κ2) is 10.0. The van der Waals surface area contributed by atoms with E-state index in [4.69, 9.17) is 4.74 Å². The number of benzene rings is 1. The first-order valence-electron chi connectivity index (χ1n) is 12.3. The van der Waals surface area contributed by atoms with Gasteiger partial charge in [0.1, 0.15) is 6.54 Å². The molecule has 0 unspecified atom stereocenters. The highest BCUT2D eigenvalue weighted by Crippen LogP contribution is 2.40. The Bertz CT molecular complexity index is 1110. The zero-order valence-corrected chi connectivity index (χ0v) is 20.9. The van der Waals surface area contributed by atoms with Gasteiger partial charge in [-0.15, -0.1) is 0 Å². The highest BCUT2D eigenvalue weighted by atomic mass is 32.2. The highest BCUT2D eigenvalue weighted by Gasteiger charge is 2.31. The molecule has 2 aromatic rings. The van der Waals surface area contributed by atoms with E-state index in [-0.39, 0.29) is 12.5 Å². The predicted molar refractivity (Wildman–Crippen MR) is 129 cm³/mol. The molecule has 1 aliphatic heterocycles. The van der Waals surface area contributed by atoms with E-state index in [9.17, 15) is 13.2 Å². The SMILES string of the molecule is CCOC(=O)Cn1c(C)c(Cc2ccccc2S(=O)(=O)N2CCCC2)c(C)c1C1CCCC1. The molecule has 0 atom stereocenters. The summed E-state index contributed by atoms with van der Waals surface area (Å²) in [6.07, 6.45) is 7.05. The van der Waals surface area contributed by atoms with E-state index in [1.54, 1.807) is 10.4 Å². The Morgan fingerprint density at radius 3 is 2.39 bits per heavy atom. The molecule has 2 heterocycles. The van der Waals surface area contributed by atoms with Crippen LogP contribution in [0.15, 0.2) is 29.2 Å². The van der Waals surface area contributed by atoms with Crippen LogP contribution in [0, 0.1) is 13.8 Å². The third kappa shape index (κ3) is 4.76. The van der Waals surface area contributed by atoms with Crippen molar-refractivity contribution in [3.05, 3.63) is 52.3 Å². The second-order valence-electron chi connectivity index (χ2n) is 9.34. The van der Waals surface area contributed by atoms with Crippen LogP contribution in [0.5, 0.6) is 0 Å². The van der Waals surface area contributed by atoms with E-state index in [2.05, 4.69) is 18.4 Å². The number of aromatic nitrogens is 1. The lowest BCUT2D eigenvalue weighted by molar-refractivity contribution is -0.143. The molecule has 0 bridgehead atoms. The van der Waals surface area contributed by atoms with E-state index in [1.165, 1.54) is 24.1 Å². The zero-order chi connectivity index (χ0) is 23.6. The molecular formula is C26H36N2O4S. The normalized spacial score (nSPS) is 17.7. The maximum atomic E-state index is 13.4. The Morgan fingerprint density at radius 1 is 1.06 bits per heavy atom. The molecule has 0 N–H and O–H groups in total. The van der Waals surface area contributed by atoms with Gasteiger partial charge in [0.05, 0.1) is 11.5 Å². The summed E-state index contributed by atoms with van der Waals surface area (Å²) in [5, 5.41) is 0. The summed E-state index contributed by atoms with van der Waals surface area (Å²) in [5.74, 6) is 0.217. The van der Waals surface area contributed by atoms with Crippen LogP contribution in [0.25, 0.3) is 0 Å². The lowest BCUT2D eigenvalue weighted by Gasteiger charge is -2.18. The third-order valence-corrected chi connectivity index (χ3v) is 9.33. The van der Waals surface area contributed by atoms with Gasteiger partial charge in [-0.3, -0.25) is 4.79 Å². The van der Waals surface area contributed by atoms with Gasteiger partial charge in [-0.05, 0) is 75.1 Å². The highest BCUT2D eigenvalue weighted by molar-refractivity contribution is 7.89. The van der Waals surface area contributed by atoms with Crippen LogP contribution in [0.1, 0.15) is 79.4 Å². The van der Waals surface area contributed by atoms with E-state index < -0.39 is 10.0 Å². The minimum atomic E-state index is -3.51. The van der Waals surface area contributed by atoms with Gasteiger partial charge in [0.25, 0.3) is 0 Å². The van der Waals surface area contributed by atoms with Crippen LogP contribution < -0.4 is 0 Å². The molecule has 180 valence electrons. The van der Waals surface area contributed by atoms with E-state index in [0.29, 0.717) is 36.9 Å². The van der Waals surface area contributed by atoms with Gasteiger partial charge in [-0.2, -0.15) is 4.31 Å². The number of carbonyl (C=O) groups is 1. The van der Waals surface area contributed by atoms with Gasteiger partial charge in [0.2, 0.25) is 10.0 Å². The fraction of sp³-hybridized carbons (Fsp3) is 0.577. The summed E-state index contributed by atoms with van der Waals surface area (Å²) in [6, 6.07) is 7.39. The third-order valence-electron chi connectivity index (χ3n) is 7.33. The maximum Gasteiger partial charge on any atom is 0.325 e. The van der Waals surface area contributed by atoms with Gasteiger partial charge in [-0.1, -0.05) is 31.0 Å². The number of nitrogens with zero attached hydrogens (tertiary/aromatic N) is 2. The van der Waals surface area contributed by atoms with Crippen LogP contribution in [0.4, 0.5) is 0 Å². The number of ether oxygens (including phenoxy) is 1. The van der Waals surface area contributed by atoms with Crippen molar-refractivity contribution < 1.29 is 17.9 Å². The van der Waals surface area contributed by atoms with Crippen LogP contribution in [-0.4, -0.2) is 43.0 Å². The van der Waals surface area contributed by atoms with Crippen molar-refractivity contribution >= 4 is 16.0 Å². The number of hydrogen-bond donors (Lipinski definition) is 0. The quantitative estimate of drug-likeness (QED) is 0.522.